The summed E-state index contributed by atoms with van der Waals surface area (Å²) in [7, 11) is 0. The van der Waals surface area contributed by atoms with Crippen molar-refractivity contribution in [1.82, 2.24) is 0 Å². The molecule has 0 bridgehead atoms. The lowest BCUT2D eigenvalue weighted by Crippen LogP contribution is -2.09. The zero-order chi connectivity index (χ0) is 13.9. The molecule has 0 aromatic heterocycles. The van der Waals surface area contributed by atoms with Gasteiger partial charge in [-0.3, -0.25) is 14.9 Å². The molecule has 96 valence electrons. The van der Waals surface area contributed by atoms with Crippen LogP contribution in [0.1, 0.15) is 22.3 Å². The standard InChI is InChI=1S/C10H6F3NO4/c11-10(12,13)6-1-2-7(9(16)3-4-15)8(5-6)14(17)18/h1-2,4-5H,3H2. The number of alkyl halides is 3. The van der Waals surface area contributed by atoms with E-state index in [2.05, 4.69) is 0 Å². The Labute approximate surface area is 98.4 Å². The number of ketones is 1. The van der Waals surface area contributed by atoms with Crippen LogP contribution in [0.2, 0.25) is 0 Å². The summed E-state index contributed by atoms with van der Waals surface area (Å²) in [5.41, 5.74) is -2.70. The van der Waals surface area contributed by atoms with Crippen LogP contribution < -0.4 is 0 Å². The van der Waals surface area contributed by atoms with Gasteiger partial charge >= 0.3 is 6.18 Å². The molecule has 0 aliphatic carbocycles. The monoisotopic (exact) mass is 261 g/mol. The first kappa shape index (κ1) is 13.8. The maximum absolute atomic E-state index is 12.3. The molecule has 0 radical (unpaired) electrons. The van der Waals surface area contributed by atoms with Crippen LogP contribution in [0.25, 0.3) is 0 Å². The Bertz CT molecular complexity index is 510. The van der Waals surface area contributed by atoms with E-state index in [-0.39, 0.29) is 12.4 Å². The van der Waals surface area contributed by atoms with E-state index in [1.54, 1.807) is 0 Å². The Morgan fingerprint density at radius 1 is 1.39 bits per heavy atom. The van der Waals surface area contributed by atoms with E-state index in [1.165, 1.54) is 0 Å². The largest absolute Gasteiger partial charge is 0.416 e. The predicted molar refractivity (Wildman–Crippen MR) is 53.1 cm³/mol. The van der Waals surface area contributed by atoms with Crippen molar-refractivity contribution in [3.63, 3.8) is 0 Å². The van der Waals surface area contributed by atoms with Crippen molar-refractivity contribution in [1.29, 1.82) is 0 Å². The molecule has 5 nitrogen and oxygen atoms in total. The molecule has 0 aliphatic rings. The van der Waals surface area contributed by atoms with Gasteiger partial charge in [0.2, 0.25) is 0 Å². The number of carbonyl (C=O) groups is 2. The predicted octanol–water partition coefficient (Wildman–Crippen LogP) is 2.39. The SMILES string of the molecule is O=CCC(=O)c1ccc(C(F)(F)F)cc1[N+](=O)[O-]. The van der Waals surface area contributed by atoms with Crippen molar-refractivity contribution in [3.8, 4) is 0 Å². The fourth-order valence-corrected chi connectivity index (χ4v) is 1.28. The number of benzene rings is 1. The summed E-state index contributed by atoms with van der Waals surface area (Å²) in [4.78, 5) is 31.0. The first-order valence-corrected chi connectivity index (χ1v) is 4.60. The summed E-state index contributed by atoms with van der Waals surface area (Å²) in [6, 6.07) is 1.54. The highest BCUT2D eigenvalue weighted by atomic mass is 19.4. The first-order valence-electron chi connectivity index (χ1n) is 4.60. The van der Waals surface area contributed by atoms with Gasteiger partial charge < -0.3 is 4.79 Å². The summed E-state index contributed by atoms with van der Waals surface area (Å²) in [5.74, 6) is -0.898. The minimum Gasteiger partial charge on any atom is -0.303 e. The zero-order valence-corrected chi connectivity index (χ0v) is 8.73. The summed E-state index contributed by atoms with van der Waals surface area (Å²) in [6.07, 6.45) is -5.13. The van der Waals surface area contributed by atoms with Crippen molar-refractivity contribution in [2.75, 3.05) is 0 Å². The maximum Gasteiger partial charge on any atom is 0.416 e. The lowest BCUT2D eigenvalue weighted by Gasteiger charge is -2.07. The third-order valence-electron chi connectivity index (χ3n) is 2.09. The Balaban J connectivity index is 3.34. The number of Topliss-reactive ketones (excluding diaryl/α,β-unsaturated/α-hetero) is 1. The topological polar surface area (TPSA) is 77.3 Å². The highest BCUT2D eigenvalue weighted by Crippen LogP contribution is 2.33. The number of hydrogen-bond donors (Lipinski definition) is 0. The van der Waals surface area contributed by atoms with Crippen molar-refractivity contribution < 1.29 is 27.7 Å². The summed E-state index contributed by atoms with van der Waals surface area (Å²) < 4.78 is 37.0. The smallest absolute Gasteiger partial charge is 0.303 e. The molecule has 1 rings (SSSR count). The van der Waals surface area contributed by atoms with E-state index in [0.717, 1.165) is 0 Å². The van der Waals surface area contributed by atoms with Crippen molar-refractivity contribution >= 4 is 17.8 Å². The third kappa shape index (κ3) is 2.90. The number of carbonyl (C=O) groups excluding carboxylic acids is 2. The van der Waals surface area contributed by atoms with Gasteiger partial charge in [0.05, 0.1) is 22.5 Å². The molecule has 0 spiro atoms. The lowest BCUT2D eigenvalue weighted by molar-refractivity contribution is -0.385. The molecule has 0 saturated heterocycles. The molecule has 8 heteroatoms. The number of halogens is 3. The van der Waals surface area contributed by atoms with E-state index in [9.17, 15) is 32.9 Å². The Hall–Kier alpha value is -2.25. The quantitative estimate of drug-likeness (QED) is 0.274. The van der Waals surface area contributed by atoms with Crippen molar-refractivity contribution in [3.05, 3.63) is 39.4 Å². The molecule has 0 unspecified atom stereocenters. The second-order valence-electron chi connectivity index (χ2n) is 3.28. The second-order valence-corrected chi connectivity index (χ2v) is 3.28. The van der Waals surface area contributed by atoms with Crippen LogP contribution in [0.15, 0.2) is 18.2 Å². The molecule has 18 heavy (non-hydrogen) atoms. The van der Waals surface area contributed by atoms with Crippen LogP contribution >= 0.6 is 0 Å². The van der Waals surface area contributed by atoms with E-state index in [1.807, 2.05) is 0 Å². The average Bonchev–Trinajstić information content (AvgIpc) is 2.27. The van der Waals surface area contributed by atoms with Crippen LogP contribution in [0.3, 0.4) is 0 Å². The van der Waals surface area contributed by atoms with Crippen LogP contribution in [0, 0.1) is 10.1 Å². The van der Waals surface area contributed by atoms with E-state index < -0.39 is 40.1 Å². The van der Waals surface area contributed by atoms with Gasteiger partial charge in [-0.2, -0.15) is 13.2 Å². The van der Waals surface area contributed by atoms with Crippen LogP contribution in [-0.4, -0.2) is 17.0 Å². The van der Waals surface area contributed by atoms with Gasteiger partial charge in [-0.1, -0.05) is 0 Å². The van der Waals surface area contributed by atoms with Gasteiger partial charge in [-0.25, -0.2) is 0 Å². The first-order chi connectivity index (χ1) is 8.27. The molecule has 0 aliphatic heterocycles. The maximum atomic E-state index is 12.3. The van der Waals surface area contributed by atoms with Crippen LogP contribution in [0.4, 0.5) is 18.9 Å². The Morgan fingerprint density at radius 2 is 2.00 bits per heavy atom. The molecule has 1 aromatic carbocycles. The van der Waals surface area contributed by atoms with E-state index in [0.29, 0.717) is 12.1 Å². The van der Waals surface area contributed by atoms with Crippen molar-refractivity contribution in [2.24, 2.45) is 0 Å². The Morgan fingerprint density at radius 3 is 2.44 bits per heavy atom. The number of hydrogen-bond acceptors (Lipinski definition) is 4. The van der Waals surface area contributed by atoms with Gasteiger partial charge in [0.15, 0.2) is 5.78 Å². The molecule has 0 atom stereocenters. The number of rotatable bonds is 4. The molecule has 0 heterocycles. The van der Waals surface area contributed by atoms with E-state index >= 15 is 0 Å². The molecule has 1 aromatic rings. The summed E-state index contributed by atoms with van der Waals surface area (Å²) >= 11 is 0. The minimum absolute atomic E-state index is 0.226. The van der Waals surface area contributed by atoms with Gasteiger partial charge in [0.1, 0.15) is 6.29 Å². The highest BCUT2D eigenvalue weighted by Gasteiger charge is 2.33. The number of nitro groups is 1. The van der Waals surface area contributed by atoms with Gasteiger partial charge in [-0.05, 0) is 12.1 Å². The average molecular weight is 261 g/mol. The molecule has 0 saturated carbocycles. The lowest BCUT2D eigenvalue weighted by atomic mass is 10.0. The highest BCUT2D eigenvalue weighted by molar-refractivity contribution is 6.05. The van der Waals surface area contributed by atoms with Gasteiger partial charge in [0.25, 0.3) is 5.69 Å². The van der Waals surface area contributed by atoms with E-state index in [4.69, 9.17) is 0 Å². The number of nitrogens with zero attached hydrogens (tertiary/aromatic N) is 1. The minimum atomic E-state index is -4.74. The molecular formula is C10H6F3NO4. The summed E-state index contributed by atoms with van der Waals surface area (Å²) in [6.45, 7) is 0. The third-order valence-corrected chi connectivity index (χ3v) is 2.09. The molecule has 0 amide bonds. The summed E-state index contributed by atoms with van der Waals surface area (Å²) in [5, 5.41) is 10.6. The van der Waals surface area contributed by atoms with Crippen LogP contribution in [-0.2, 0) is 11.0 Å². The second kappa shape index (κ2) is 4.94. The van der Waals surface area contributed by atoms with Crippen LogP contribution in [0.5, 0.6) is 0 Å². The molecule has 0 N–H and O–H groups in total. The number of aldehydes is 1. The zero-order valence-electron chi connectivity index (χ0n) is 8.73. The normalized spacial score (nSPS) is 11.1. The fraction of sp³-hybridized carbons (Fsp3) is 0.200. The number of nitro benzene ring substituents is 1. The molecular weight excluding hydrogens is 255 g/mol. The van der Waals surface area contributed by atoms with Gasteiger partial charge in [0, 0.05) is 6.07 Å². The van der Waals surface area contributed by atoms with Gasteiger partial charge in [-0.15, -0.1) is 0 Å². The Kier molecular flexibility index (Phi) is 3.79. The fourth-order valence-electron chi connectivity index (χ4n) is 1.28. The molecule has 0 fully saturated rings. The van der Waals surface area contributed by atoms with Crippen molar-refractivity contribution in [2.45, 2.75) is 12.6 Å².